The molecule has 0 bridgehead atoms. The molecule has 1 amide bonds. The van der Waals surface area contributed by atoms with Gasteiger partial charge in [-0.15, -0.1) is 0 Å². The predicted octanol–water partition coefficient (Wildman–Crippen LogP) is 5.49. The van der Waals surface area contributed by atoms with Crippen LogP contribution in [0.3, 0.4) is 0 Å². The fraction of sp³-hybridized carbons (Fsp3) is 0.607. The molecule has 0 unspecified atom stereocenters. The van der Waals surface area contributed by atoms with Gasteiger partial charge in [0.05, 0.1) is 30.0 Å². The first-order chi connectivity index (χ1) is 17.3. The van der Waals surface area contributed by atoms with Gasteiger partial charge in [0, 0.05) is 25.7 Å². The zero-order valence-electron chi connectivity index (χ0n) is 21.9. The predicted molar refractivity (Wildman–Crippen MR) is 136 cm³/mol. The SMILES string of the molecule is CC(C)OC(=O)[C@H]1CCC[C@H](Oc2ccc(-c3cnn(C)c3COC(=O)N(C)C3CCCC3)cc2)C1. The molecule has 1 heterocycles. The van der Waals surface area contributed by atoms with Crippen LogP contribution in [0, 0.1) is 5.92 Å². The number of ether oxygens (including phenoxy) is 3. The third-order valence-electron chi connectivity index (χ3n) is 7.33. The maximum atomic E-state index is 12.6. The van der Waals surface area contributed by atoms with Gasteiger partial charge in [-0.1, -0.05) is 25.0 Å². The maximum absolute atomic E-state index is 12.6. The lowest BCUT2D eigenvalue weighted by Crippen LogP contribution is -2.35. The molecule has 0 spiro atoms. The van der Waals surface area contributed by atoms with E-state index in [-0.39, 0.29) is 42.8 Å². The Morgan fingerprint density at radius 3 is 2.50 bits per heavy atom. The first-order valence-electron chi connectivity index (χ1n) is 13.2. The zero-order valence-corrected chi connectivity index (χ0v) is 21.9. The molecule has 36 heavy (non-hydrogen) atoms. The molecule has 2 aliphatic carbocycles. The van der Waals surface area contributed by atoms with Crippen LogP contribution in [0.5, 0.6) is 5.75 Å². The zero-order chi connectivity index (χ0) is 25.7. The van der Waals surface area contributed by atoms with E-state index in [9.17, 15) is 9.59 Å². The Labute approximate surface area is 213 Å². The Bertz CT molecular complexity index is 1030. The van der Waals surface area contributed by atoms with Crippen molar-refractivity contribution in [3.63, 3.8) is 0 Å². The molecule has 0 radical (unpaired) electrons. The van der Waals surface area contributed by atoms with Crippen LogP contribution >= 0.6 is 0 Å². The fourth-order valence-electron chi connectivity index (χ4n) is 5.25. The van der Waals surface area contributed by atoms with Gasteiger partial charge in [0.1, 0.15) is 12.4 Å². The third kappa shape index (κ3) is 6.39. The topological polar surface area (TPSA) is 82.9 Å². The second-order valence-corrected chi connectivity index (χ2v) is 10.3. The number of carbonyl (C=O) groups is 2. The first-order valence-corrected chi connectivity index (χ1v) is 13.2. The van der Waals surface area contributed by atoms with Gasteiger partial charge in [-0.3, -0.25) is 9.48 Å². The van der Waals surface area contributed by atoms with Gasteiger partial charge in [-0.25, -0.2) is 4.79 Å². The molecule has 2 atom stereocenters. The van der Waals surface area contributed by atoms with Gasteiger partial charge in [0.15, 0.2) is 0 Å². The van der Waals surface area contributed by atoms with E-state index in [2.05, 4.69) is 5.10 Å². The molecule has 196 valence electrons. The summed E-state index contributed by atoms with van der Waals surface area (Å²) in [6.45, 7) is 3.92. The van der Waals surface area contributed by atoms with E-state index in [1.165, 1.54) is 12.8 Å². The summed E-state index contributed by atoms with van der Waals surface area (Å²) in [5, 5.41) is 4.39. The average molecular weight is 498 g/mol. The summed E-state index contributed by atoms with van der Waals surface area (Å²) < 4.78 is 19.0. The van der Waals surface area contributed by atoms with Crippen LogP contribution < -0.4 is 4.74 Å². The molecule has 2 fully saturated rings. The molecule has 0 N–H and O–H groups in total. The average Bonchev–Trinajstić information content (AvgIpc) is 3.52. The minimum atomic E-state index is -0.291. The summed E-state index contributed by atoms with van der Waals surface area (Å²) in [7, 11) is 3.68. The Kier molecular flexibility index (Phi) is 8.54. The van der Waals surface area contributed by atoms with Gasteiger partial charge in [0.25, 0.3) is 0 Å². The Hall–Kier alpha value is -3.03. The van der Waals surface area contributed by atoms with E-state index in [1.54, 1.807) is 15.8 Å². The summed E-state index contributed by atoms with van der Waals surface area (Å²) in [4.78, 5) is 26.6. The van der Waals surface area contributed by atoms with Crippen molar-refractivity contribution in [2.75, 3.05) is 7.05 Å². The summed E-state index contributed by atoms with van der Waals surface area (Å²) in [5.41, 5.74) is 2.75. The number of carbonyl (C=O) groups excluding carboxylic acids is 2. The van der Waals surface area contributed by atoms with Crippen molar-refractivity contribution in [3.05, 3.63) is 36.2 Å². The van der Waals surface area contributed by atoms with Crippen LogP contribution in [0.25, 0.3) is 11.1 Å². The van der Waals surface area contributed by atoms with Crippen molar-refractivity contribution >= 4 is 12.1 Å². The number of aryl methyl sites for hydroxylation is 1. The summed E-state index contributed by atoms with van der Waals surface area (Å²) in [5.74, 6) is 0.559. The van der Waals surface area contributed by atoms with Crippen LogP contribution in [0.15, 0.2) is 30.5 Å². The number of amides is 1. The molecule has 2 aromatic rings. The van der Waals surface area contributed by atoms with Crippen molar-refractivity contribution in [1.29, 1.82) is 0 Å². The van der Waals surface area contributed by atoms with E-state index >= 15 is 0 Å². The van der Waals surface area contributed by atoms with Gasteiger partial charge in [-0.2, -0.15) is 5.10 Å². The molecule has 1 aromatic carbocycles. The van der Waals surface area contributed by atoms with Crippen molar-refractivity contribution in [1.82, 2.24) is 14.7 Å². The molecule has 2 aliphatic rings. The van der Waals surface area contributed by atoms with Crippen molar-refractivity contribution in [2.45, 2.75) is 90.1 Å². The smallest absolute Gasteiger partial charge is 0.410 e. The first kappa shape index (κ1) is 26.0. The highest BCUT2D eigenvalue weighted by atomic mass is 16.6. The Morgan fingerprint density at radius 2 is 1.81 bits per heavy atom. The normalized spacial score (nSPS) is 20.4. The minimum Gasteiger partial charge on any atom is -0.490 e. The lowest BCUT2D eigenvalue weighted by atomic mass is 9.87. The summed E-state index contributed by atoms with van der Waals surface area (Å²) >= 11 is 0. The van der Waals surface area contributed by atoms with Crippen LogP contribution in [0.1, 0.15) is 70.9 Å². The molecule has 0 saturated heterocycles. The summed E-state index contributed by atoms with van der Waals surface area (Å²) in [6.07, 6.45) is 9.25. The van der Waals surface area contributed by atoms with Crippen LogP contribution in [-0.2, 0) is 27.9 Å². The lowest BCUT2D eigenvalue weighted by molar-refractivity contribution is -0.154. The van der Waals surface area contributed by atoms with Gasteiger partial charge in [0.2, 0.25) is 0 Å². The number of hydrogen-bond acceptors (Lipinski definition) is 6. The highest BCUT2D eigenvalue weighted by Crippen LogP contribution is 2.31. The quantitative estimate of drug-likeness (QED) is 0.449. The van der Waals surface area contributed by atoms with Crippen molar-refractivity contribution in [2.24, 2.45) is 13.0 Å². The molecular weight excluding hydrogens is 458 g/mol. The maximum Gasteiger partial charge on any atom is 0.410 e. The molecule has 4 rings (SSSR count). The largest absolute Gasteiger partial charge is 0.490 e. The number of aromatic nitrogens is 2. The monoisotopic (exact) mass is 497 g/mol. The van der Waals surface area contributed by atoms with Crippen LogP contribution in [0.2, 0.25) is 0 Å². The van der Waals surface area contributed by atoms with Gasteiger partial charge >= 0.3 is 12.1 Å². The number of nitrogens with zero attached hydrogens (tertiary/aromatic N) is 3. The molecule has 0 aliphatic heterocycles. The van der Waals surface area contributed by atoms with Gasteiger partial charge < -0.3 is 19.1 Å². The van der Waals surface area contributed by atoms with E-state index < -0.39 is 0 Å². The number of hydrogen-bond donors (Lipinski definition) is 0. The number of benzene rings is 1. The molecular formula is C28H39N3O5. The Balaban J connectivity index is 1.35. The second kappa shape index (κ2) is 11.8. The number of esters is 1. The standard InChI is InChI=1S/C28H39N3O5/c1-19(2)35-27(32)21-8-7-11-24(16-21)36-23-14-12-20(13-15-23)25-17-29-31(4)26(25)18-34-28(33)30(3)22-9-5-6-10-22/h12-15,17,19,21-22,24H,5-11,16,18H2,1-4H3/t21-,24-/m0/s1. The van der Waals surface area contributed by atoms with E-state index in [1.807, 2.05) is 52.2 Å². The van der Waals surface area contributed by atoms with Crippen LogP contribution in [-0.4, -0.2) is 52.0 Å². The molecule has 2 saturated carbocycles. The Morgan fingerprint density at radius 1 is 1.08 bits per heavy atom. The third-order valence-corrected chi connectivity index (χ3v) is 7.33. The van der Waals surface area contributed by atoms with E-state index in [0.717, 1.165) is 54.7 Å². The van der Waals surface area contributed by atoms with E-state index in [0.29, 0.717) is 6.42 Å². The van der Waals surface area contributed by atoms with Crippen molar-refractivity contribution < 1.29 is 23.8 Å². The minimum absolute atomic E-state index is 0.000431. The highest BCUT2D eigenvalue weighted by molar-refractivity contribution is 5.72. The molecule has 1 aromatic heterocycles. The lowest BCUT2D eigenvalue weighted by Gasteiger charge is -2.29. The van der Waals surface area contributed by atoms with Crippen LogP contribution in [0.4, 0.5) is 4.79 Å². The van der Waals surface area contributed by atoms with E-state index in [4.69, 9.17) is 14.2 Å². The second-order valence-electron chi connectivity index (χ2n) is 10.3. The molecule has 8 nitrogen and oxygen atoms in total. The van der Waals surface area contributed by atoms with Gasteiger partial charge in [-0.05, 0) is 70.1 Å². The molecule has 8 heteroatoms. The summed E-state index contributed by atoms with van der Waals surface area (Å²) in [6, 6.07) is 8.16. The fourth-order valence-corrected chi connectivity index (χ4v) is 5.25. The van der Waals surface area contributed by atoms with Crippen molar-refractivity contribution in [3.8, 4) is 16.9 Å². The highest BCUT2D eigenvalue weighted by Gasteiger charge is 2.30. The number of rotatable bonds is 8.